The summed E-state index contributed by atoms with van der Waals surface area (Å²) >= 11 is 0. The highest BCUT2D eigenvalue weighted by Gasteiger charge is 2.29. The minimum Gasteiger partial charge on any atom is -0.495 e. The fourth-order valence-electron chi connectivity index (χ4n) is 2.87. The maximum atomic E-state index is 13.4. The summed E-state index contributed by atoms with van der Waals surface area (Å²) in [6.07, 6.45) is 0. The average molecular weight is 410 g/mol. The largest absolute Gasteiger partial charge is 0.495 e. The zero-order chi connectivity index (χ0) is 20.9. The van der Waals surface area contributed by atoms with E-state index < -0.39 is 22.5 Å². The lowest BCUT2D eigenvalue weighted by Gasteiger charge is -2.26. The van der Waals surface area contributed by atoms with E-state index in [0.29, 0.717) is 17.1 Å². The molecule has 0 aromatic heterocycles. The third-order valence-electron chi connectivity index (χ3n) is 4.28. The number of methoxy groups -OCH3 is 1. The topological polar surface area (TPSA) is 75.7 Å². The van der Waals surface area contributed by atoms with Gasteiger partial charge in [-0.2, -0.15) is 0 Å². The van der Waals surface area contributed by atoms with Crippen molar-refractivity contribution in [2.24, 2.45) is 0 Å². The number of hydrogen-bond donors (Lipinski definition) is 1. The van der Waals surface area contributed by atoms with Crippen molar-refractivity contribution in [3.05, 3.63) is 84.4 Å². The smallest absolute Gasteiger partial charge is 0.264 e. The Labute approximate surface area is 170 Å². The molecular formula is C22H22N2O4S. The zero-order valence-corrected chi connectivity index (χ0v) is 17.0. The highest BCUT2D eigenvalue weighted by molar-refractivity contribution is 7.92. The molecular weight excluding hydrogens is 388 g/mol. The van der Waals surface area contributed by atoms with Gasteiger partial charge in [-0.25, -0.2) is 8.42 Å². The Kier molecular flexibility index (Phi) is 6.19. The Balaban J connectivity index is 2.03. The maximum absolute atomic E-state index is 13.4. The van der Waals surface area contributed by atoms with Crippen LogP contribution < -0.4 is 14.4 Å². The van der Waals surface area contributed by atoms with E-state index >= 15 is 0 Å². The van der Waals surface area contributed by atoms with E-state index in [1.165, 1.54) is 19.2 Å². The summed E-state index contributed by atoms with van der Waals surface area (Å²) in [5, 5.41) is 2.73. The molecule has 150 valence electrons. The molecule has 3 aromatic carbocycles. The van der Waals surface area contributed by atoms with Gasteiger partial charge in [-0.1, -0.05) is 42.5 Å². The summed E-state index contributed by atoms with van der Waals surface area (Å²) in [6.45, 7) is 1.45. The molecule has 0 aliphatic carbocycles. The van der Waals surface area contributed by atoms with Crippen LogP contribution in [-0.4, -0.2) is 28.0 Å². The molecule has 0 radical (unpaired) electrons. The fraction of sp³-hybridized carbons (Fsp3) is 0.136. The van der Waals surface area contributed by atoms with Gasteiger partial charge in [-0.3, -0.25) is 9.10 Å². The van der Waals surface area contributed by atoms with Crippen LogP contribution in [0.4, 0.5) is 11.4 Å². The molecule has 0 aliphatic heterocycles. The number of amides is 1. The monoisotopic (exact) mass is 410 g/mol. The van der Waals surface area contributed by atoms with Crippen molar-refractivity contribution in [3.63, 3.8) is 0 Å². The van der Waals surface area contributed by atoms with E-state index in [9.17, 15) is 13.2 Å². The summed E-state index contributed by atoms with van der Waals surface area (Å²) in [4.78, 5) is 12.8. The first-order chi connectivity index (χ1) is 13.9. The first-order valence-electron chi connectivity index (χ1n) is 8.99. The highest BCUT2D eigenvalue weighted by atomic mass is 32.2. The van der Waals surface area contributed by atoms with Crippen LogP contribution in [0.2, 0.25) is 0 Å². The Morgan fingerprint density at radius 2 is 1.59 bits per heavy atom. The number of nitrogens with zero attached hydrogens (tertiary/aromatic N) is 1. The molecule has 0 atom stereocenters. The number of anilines is 2. The van der Waals surface area contributed by atoms with Crippen LogP contribution in [0.15, 0.2) is 83.8 Å². The summed E-state index contributed by atoms with van der Waals surface area (Å²) in [5.74, 6) is -0.0955. The summed E-state index contributed by atoms with van der Waals surface area (Å²) in [5.41, 5.74) is 1.74. The van der Waals surface area contributed by atoms with Crippen LogP contribution >= 0.6 is 0 Å². The van der Waals surface area contributed by atoms with Crippen LogP contribution in [0.3, 0.4) is 0 Å². The second-order valence-electron chi connectivity index (χ2n) is 6.41. The molecule has 0 aliphatic rings. The summed E-state index contributed by atoms with van der Waals surface area (Å²) in [6, 6.07) is 22.1. The van der Waals surface area contributed by atoms with Gasteiger partial charge in [0.2, 0.25) is 5.91 Å². The molecule has 0 heterocycles. The van der Waals surface area contributed by atoms with Crippen molar-refractivity contribution in [3.8, 4) is 5.75 Å². The molecule has 1 N–H and O–H groups in total. The van der Waals surface area contributed by atoms with E-state index in [2.05, 4.69) is 5.32 Å². The highest BCUT2D eigenvalue weighted by Crippen LogP contribution is 2.33. The number of carbonyl (C=O) groups is 1. The predicted octanol–water partition coefficient (Wildman–Crippen LogP) is 3.84. The normalized spacial score (nSPS) is 11.0. The third-order valence-corrected chi connectivity index (χ3v) is 6.05. The lowest BCUT2D eigenvalue weighted by Crippen LogP contribution is -2.38. The lowest BCUT2D eigenvalue weighted by atomic mass is 10.2. The van der Waals surface area contributed by atoms with Gasteiger partial charge >= 0.3 is 0 Å². The van der Waals surface area contributed by atoms with Gasteiger partial charge in [0.25, 0.3) is 10.0 Å². The molecule has 7 heteroatoms. The van der Waals surface area contributed by atoms with Crippen LogP contribution in [0, 0.1) is 6.92 Å². The molecule has 0 saturated heterocycles. The summed E-state index contributed by atoms with van der Waals surface area (Å²) < 4.78 is 33.2. The van der Waals surface area contributed by atoms with Crippen molar-refractivity contribution in [2.75, 3.05) is 23.3 Å². The third kappa shape index (κ3) is 4.75. The van der Waals surface area contributed by atoms with E-state index in [-0.39, 0.29) is 4.90 Å². The zero-order valence-electron chi connectivity index (χ0n) is 16.2. The van der Waals surface area contributed by atoms with E-state index in [1.54, 1.807) is 54.6 Å². The Morgan fingerprint density at radius 3 is 2.21 bits per heavy atom. The van der Waals surface area contributed by atoms with Gasteiger partial charge in [0.15, 0.2) is 0 Å². The molecule has 1 amide bonds. The van der Waals surface area contributed by atoms with Crippen molar-refractivity contribution < 1.29 is 17.9 Å². The first-order valence-corrected chi connectivity index (χ1v) is 10.4. The quantitative estimate of drug-likeness (QED) is 0.642. The Morgan fingerprint density at radius 1 is 0.966 bits per heavy atom. The number of sulfonamides is 1. The first kappa shape index (κ1) is 20.4. The molecule has 3 rings (SSSR count). The number of rotatable bonds is 7. The van der Waals surface area contributed by atoms with Crippen LogP contribution in [0.5, 0.6) is 5.75 Å². The molecule has 29 heavy (non-hydrogen) atoms. The fourth-order valence-corrected chi connectivity index (χ4v) is 4.31. The van der Waals surface area contributed by atoms with E-state index in [4.69, 9.17) is 4.74 Å². The number of nitrogens with one attached hydrogen (secondary N) is 1. The van der Waals surface area contributed by atoms with E-state index in [1.807, 2.05) is 19.1 Å². The molecule has 6 nitrogen and oxygen atoms in total. The van der Waals surface area contributed by atoms with Crippen molar-refractivity contribution >= 4 is 27.3 Å². The SMILES string of the molecule is COc1ccc(C)cc1N(CC(=O)Nc1ccccc1)S(=O)(=O)c1ccccc1. The lowest BCUT2D eigenvalue weighted by molar-refractivity contribution is -0.114. The minimum atomic E-state index is -4.00. The number of carbonyl (C=O) groups excluding carboxylic acids is 1. The summed E-state index contributed by atoms with van der Waals surface area (Å²) in [7, 11) is -2.53. The Bertz CT molecular complexity index is 1080. The molecule has 0 saturated carbocycles. The van der Waals surface area contributed by atoms with Crippen LogP contribution in [-0.2, 0) is 14.8 Å². The number of benzene rings is 3. The molecule has 0 spiro atoms. The molecule has 0 unspecified atom stereocenters. The number of ether oxygens (including phenoxy) is 1. The second kappa shape index (κ2) is 8.79. The molecule has 0 bridgehead atoms. The van der Waals surface area contributed by atoms with Gasteiger partial charge < -0.3 is 10.1 Å². The minimum absolute atomic E-state index is 0.0936. The van der Waals surface area contributed by atoms with Crippen molar-refractivity contribution in [1.82, 2.24) is 0 Å². The number of para-hydroxylation sites is 1. The standard InChI is InChI=1S/C22H22N2O4S/c1-17-13-14-21(28-2)20(15-17)24(29(26,27)19-11-7-4-8-12-19)16-22(25)23-18-9-5-3-6-10-18/h3-15H,16H2,1-2H3,(H,23,25). The predicted molar refractivity (Wildman–Crippen MR) is 114 cm³/mol. The molecule has 3 aromatic rings. The second-order valence-corrected chi connectivity index (χ2v) is 8.28. The van der Waals surface area contributed by atoms with Crippen molar-refractivity contribution in [2.45, 2.75) is 11.8 Å². The Hall–Kier alpha value is -3.32. The molecule has 0 fully saturated rings. The number of hydrogen-bond acceptors (Lipinski definition) is 4. The van der Waals surface area contributed by atoms with Crippen molar-refractivity contribution in [1.29, 1.82) is 0 Å². The van der Waals surface area contributed by atoms with Gasteiger partial charge in [-0.15, -0.1) is 0 Å². The van der Waals surface area contributed by atoms with Crippen LogP contribution in [0.25, 0.3) is 0 Å². The van der Waals surface area contributed by atoms with Gasteiger partial charge in [-0.05, 0) is 48.9 Å². The van der Waals surface area contributed by atoms with Gasteiger partial charge in [0, 0.05) is 5.69 Å². The van der Waals surface area contributed by atoms with Gasteiger partial charge in [0.1, 0.15) is 12.3 Å². The van der Waals surface area contributed by atoms with E-state index in [0.717, 1.165) is 9.87 Å². The maximum Gasteiger partial charge on any atom is 0.264 e. The van der Waals surface area contributed by atoms with Gasteiger partial charge in [0.05, 0.1) is 17.7 Å². The number of aryl methyl sites for hydroxylation is 1. The average Bonchev–Trinajstić information content (AvgIpc) is 2.73. The van der Waals surface area contributed by atoms with Crippen LogP contribution in [0.1, 0.15) is 5.56 Å².